The van der Waals surface area contributed by atoms with Crippen LogP contribution in [0, 0.1) is 13.8 Å². The minimum atomic E-state index is -3.76. The van der Waals surface area contributed by atoms with Crippen molar-refractivity contribution in [1.82, 2.24) is 9.38 Å². The molecule has 132 valence electrons. The lowest BCUT2D eigenvalue weighted by atomic mass is 10.3. The number of pyridine rings is 1. The smallest absolute Gasteiger partial charge is 0.263 e. The predicted octanol–water partition coefficient (Wildman–Crippen LogP) is 4.01. The molecule has 0 radical (unpaired) electrons. The van der Waals surface area contributed by atoms with Crippen LogP contribution in [0.2, 0.25) is 0 Å². The van der Waals surface area contributed by atoms with Crippen molar-refractivity contribution in [3.8, 4) is 11.5 Å². The predicted molar refractivity (Wildman–Crippen MR) is 99.6 cm³/mol. The van der Waals surface area contributed by atoms with Gasteiger partial charge in [-0.1, -0.05) is 24.3 Å². The highest BCUT2D eigenvalue weighted by Gasteiger charge is 2.22. The molecular formula is C19H17N3O3S. The Morgan fingerprint density at radius 3 is 2.46 bits per heavy atom. The van der Waals surface area contributed by atoms with Crippen LogP contribution in [0.25, 0.3) is 17.1 Å². The summed E-state index contributed by atoms with van der Waals surface area (Å²) < 4.78 is 35.7. The Bertz CT molecular complexity index is 1190. The molecule has 0 unspecified atom stereocenters. The Balaban J connectivity index is 1.91. The number of nitrogens with one attached hydrogen (secondary N) is 1. The fourth-order valence-electron chi connectivity index (χ4n) is 2.77. The number of benzene rings is 1. The van der Waals surface area contributed by atoms with Crippen LogP contribution in [0.1, 0.15) is 11.3 Å². The van der Waals surface area contributed by atoms with E-state index in [-0.39, 0.29) is 4.90 Å². The molecule has 0 aliphatic heterocycles. The molecule has 0 bridgehead atoms. The number of rotatable bonds is 4. The van der Waals surface area contributed by atoms with Gasteiger partial charge in [0.05, 0.1) is 4.90 Å². The van der Waals surface area contributed by atoms with Gasteiger partial charge in [-0.05, 0) is 49.7 Å². The molecule has 0 aliphatic rings. The lowest BCUT2D eigenvalue weighted by Gasteiger charge is -2.09. The lowest BCUT2D eigenvalue weighted by molar-refractivity contribution is 0.547. The first-order valence-electron chi connectivity index (χ1n) is 8.07. The van der Waals surface area contributed by atoms with Crippen molar-refractivity contribution < 1.29 is 12.8 Å². The van der Waals surface area contributed by atoms with Gasteiger partial charge in [0.25, 0.3) is 10.0 Å². The van der Waals surface area contributed by atoms with Gasteiger partial charge in [-0.3, -0.25) is 9.12 Å². The molecule has 4 rings (SSSR count). The third kappa shape index (κ3) is 2.86. The molecule has 26 heavy (non-hydrogen) atoms. The van der Waals surface area contributed by atoms with Crippen molar-refractivity contribution in [3.05, 3.63) is 72.1 Å². The Hall–Kier alpha value is -3.06. The van der Waals surface area contributed by atoms with Gasteiger partial charge in [-0.15, -0.1) is 0 Å². The van der Waals surface area contributed by atoms with E-state index in [4.69, 9.17) is 4.42 Å². The minimum Gasteiger partial charge on any atom is -0.460 e. The topological polar surface area (TPSA) is 76.6 Å². The Morgan fingerprint density at radius 2 is 1.77 bits per heavy atom. The van der Waals surface area contributed by atoms with E-state index in [2.05, 4.69) is 9.71 Å². The van der Waals surface area contributed by atoms with Gasteiger partial charge in [0.1, 0.15) is 17.1 Å². The number of imidazole rings is 1. The number of furan rings is 1. The number of hydrogen-bond acceptors (Lipinski definition) is 4. The van der Waals surface area contributed by atoms with Crippen LogP contribution >= 0.6 is 0 Å². The van der Waals surface area contributed by atoms with E-state index in [0.29, 0.717) is 22.9 Å². The summed E-state index contributed by atoms with van der Waals surface area (Å²) in [6, 6.07) is 15.6. The van der Waals surface area contributed by atoms with E-state index in [1.54, 1.807) is 40.8 Å². The van der Waals surface area contributed by atoms with Crippen molar-refractivity contribution in [1.29, 1.82) is 0 Å². The fourth-order valence-corrected chi connectivity index (χ4v) is 3.85. The third-order valence-electron chi connectivity index (χ3n) is 4.02. The normalized spacial score (nSPS) is 11.8. The molecule has 0 saturated carbocycles. The molecule has 1 aromatic carbocycles. The largest absolute Gasteiger partial charge is 0.460 e. The zero-order valence-corrected chi connectivity index (χ0v) is 15.1. The number of sulfonamides is 1. The minimum absolute atomic E-state index is 0.184. The summed E-state index contributed by atoms with van der Waals surface area (Å²) in [5, 5.41) is 0. The summed E-state index contributed by atoms with van der Waals surface area (Å²) in [5.41, 5.74) is 2.06. The molecule has 0 amide bonds. The van der Waals surface area contributed by atoms with E-state index < -0.39 is 10.0 Å². The van der Waals surface area contributed by atoms with Gasteiger partial charge in [-0.2, -0.15) is 0 Å². The number of fused-ring (bicyclic) bond motifs is 1. The van der Waals surface area contributed by atoms with Crippen LogP contribution in [-0.4, -0.2) is 17.8 Å². The van der Waals surface area contributed by atoms with E-state index in [0.717, 1.165) is 11.3 Å². The molecule has 6 nitrogen and oxygen atoms in total. The summed E-state index contributed by atoms with van der Waals surface area (Å²) >= 11 is 0. The van der Waals surface area contributed by atoms with Gasteiger partial charge < -0.3 is 4.42 Å². The quantitative estimate of drug-likeness (QED) is 0.591. The van der Waals surface area contributed by atoms with Gasteiger partial charge in [-0.25, -0.2) is 13.4 Å². The van der Waals surface area contributed by atoms with Crippen LogP contribution in [0.5, 0.6) is 0 Å². The molecule has 0 aliphatic carbocycles. The third-order valence-corrected chi connectivity index (χ3v) is 5.38. The van der Waals surface area contributed by atoms with Gasteiger partial charge >= 0.3 is 0 Å². The molecule has 0 spiro atoms. The van der Waals surface area contributed by atoms with Crippen molar-refractivity contribution in [3.63, 3.8) is 0 Å². The average molecular weight is 367 g/mol. The molecule has 4 aromatic rings. The van der Waals surface area contributed by atoms with E-state index in [1.165, 1.54) is 0 Å². The zero-order chi connectivity index (χ0) is 18.3. The van der Waals surface area contributed by atoms with E-state index >= 15 is 0 Å². The summed E-state index contributed by atoms with van der Waals surface area (Å²) in [6.07, 6.45) is 1.84. The molecule has 3 heterocycles. The lowest BCUT2D eigenvalue weighted by Crippen LogP contribution is -2.14. The first-order valence-corrected chi connectivity index (χ1v) is 9.56. The van der Waals surface area contributed by atoms with Gasteiger partial charge in [0.2, 0.25) is 0 Å². The number of anilines is 1. The van der Waals surface area contributed by atoms with Crippen molar-refractivity contribution in [2.45, 2.75) is 18.7 Å². The highest BCUT2D eigenvalue weighted by Crippen LogP contribution is 2.32. The Morgan fingerprint density at radius 1 is 1.00 bits per heavy atom. The molecule has 0 atom stereocenters. The SMILES string of the molecule is Cc1ccc2nc(-c3ccc(C)o3)c(NS(=O)(=O)c3ccccc3)n2c1. The highest BCUT2D eigenvalue weighted by atomic mass is 32.2. The number of nitrogens with zero attached hydrogens (tertiary/aromatic N) is 2. The monoisotopic (exact) mass is 367 g/mol. The molecule has 1 N–H and O–H groups in total. The zero-order valence-electron chi connectivity index (χ0n) is 14.3. The average Bonchev–Trinajstić information content (AvgIpc) is 3.19. The summed E-state index contributed by atoms with van der Waals surface area (Å²) in [6.45, 7) is 3.77. The Labute approximate surface area is 151 Å². The van der Waals surface area contributed by atoms with Crippen molar-refractivity contribution >= 4 is 21.5 Å². The number of aromatic nitrogens is 2. The fraction of sp³-hybridized carbons (Fsp3) is 0.105. The maximum absolute atomic E-state index is 12.8. The number of hydrogen-bond donors (Lipinski definition) is 1. The number of aryl methyl sites for hydroxylation is 2. The standard InChI is InChI=1S/C19H17N3O3S/c1-13-8-11-17-20-18(16-10-9-14(2)25-16)19(22(17)12-13)21-26(23,24)15-6-4-3-5-7-15/h3-12,21H,1-2H3. The van der Waals surface area contributed by atoms with Gasteiger partial charge in [0.15, 0.2) is 11.6 Å². The second kappa shape index (κ2) is 6.03. The summed E-state index contributed by atoms with van der Waals surface area (Å²) in [5.74, 6) is 1.58. The first-order chi connectivity index (χ1) is 12.4. The van der Waals surface area contributed by atoms with Crippen molar-refractivity contribution in [2.75, 3.05) is 4.72 Å². The van der Waals surface area contributed by atoms with Crippen molar-refractivity contribution in [2.24, 2.45) is 0 Å². The first kappa shape index (κ1) is 16.4. The van der Waals surface area contributed by atoms with Crippen LogP contribution in [0.4, 0.5) is 5.82 Å². The summed E-state index contributed by atoms with van der Waals surface area (Å²) in [7, 11) is -3.76. The Kier molecular flexibility index (Phi) is 3.81. The van der Waals surface area contributed by atoms with Gasteiger partial charge in [0, 0.05) is 6.20 Å². The maximum Gasteiger partial charge on any atom is 0.263 e. The van der Waals surface area contributed by atoms with Crippen LogP contribution in [0.3, 0.4) is 0 Å². The van der Waals surface area contributed by atoms with E-state index in [1.807, 2.05) is 38.2 Å². The molecule has 7 heteroatoms. The highest BCUT2D eigenvalue weighted by molar-refractivity contribution is 7.92. The summed E-state index contributed by atoms with van der Waals surface area (Å²) in [4.78, 5) is 4.74. The maximum atomic E-state index is 12.8. The van der Waals surface area contributed by atoms with Crippen LogP contribution in [0.15, 0.2) is 70.1 Å². The molecule has 0 fully saturated rings. The van der Waals surface area contributed by atoms with Crippen LogP contribution in [-0.2, 0) is 10.0 Å². The molecule has 3 aromatic heterocycles. The molecular weight excluding hydrogens is 350 g/mol. The molecule has 0 saturated heterocycles. The second-order valence-corrected chi connectivity index (χ2v) is 7.75. The van der Waals surface area contributed by atoms with Crippen LogP contribution < -0.4 is 4.72 Å². The van der Waals surface area contributed by atoms with E-state index in [9.17, 15) is 8.42 Å². The second-order valence-electron chi connectivity index (χ2n) is 6.07.